The summed E-state index contributed by atoms with van der Waals surface area (Å²) in [5.74, 6) is -0.142. The molecule has 0 saturated heterocycles. The van der Waals surface area contributed by atoms with Crippen LogP contribution in [0, 0.1) is 26.6 Å². The van der Waals surface area contributed by atoms with Crippen molar-refractivity contribution in [3.8, 4) is 11.1 Å². The van der Waals surface area contributed by atoms with Crippen LogP contribution in [0.1, 0.15) is 35.1 Å². The summed E-state index contributed by atoms with van der Waals surface area (Å²) in [7, 11) is 0. The average Bonchev–Trinajstić information content (AvgIpc) is 3.26. The maximum atomic E-state index is 14.3. The SMILES string of the molecule is Cc1cc(C)c(-c2cc(CNC3CC3)ccc2F)cc1C. The van der Waals surface area contributed by atoms with Crippen molar-refractivity contribution < 1.29 is 4.39 Å². The molecule has 110 valence electrons. The lowest BCUT2D eigenvalue weighted by molar-refractivity contribution is 0.628. The molecule has 0 aliphatic heterocycles. The molecule has 0 spiro atoms. The van der Waals surface area contributed by atoms with E-state index in [2.05, 4.69) is 38.2 Å². The lowest BCUT2D eigenvalue weighted by Crippen LogP contribution is -2.15. The summed E-state index contributed by atoms with van der Waals surface area (Å²) >= 11 is 0. The Morgan fingerprint density at radius 3 is 2.38 bits per heavy atom. The quantitative estimate of drug-likeness (QED) is 0.859. The van der Waals surface area contributed by atoms with E-state index in [0.717, 1.165) is 23.2 Å². The van der Waals surface area contributed by atoms with E-state index in [4.69, 9.17) is 0 Å². The highest BCUT2D eigenvalue weighted by Crippen LogP contribution is 2.29. The number of halogens is 1. The summed E-state index contributed by atoms with van der Waals surface area (Å²) in [4.78, 5) is 0. The molecule has 3 rings (SSSR count). The van der Waals surface area contributed by atoms with Crippen LogP contribution in [-0.4, -0.2) is 6.04 Å². The molecule has 0 atom stereocenters. The Kier molecular flexibility index (Phi) is 3.81. The molecule has 1 N–H and O–H groups in total. The summed E-state index contributed by atoms with van der Waals surface area (Å²) < 4.78 is 14.3. The van der Waals surface area contributed by atoms with Crippen LogP contribution >= 0.6 is 0 Å². The highest BCUT2D eigenvalue weighted by molar-refractivity contribution is 5.70. The van der Waals surface area contributed by atoms with E-state index in [1.165, 1.54) is 24.0 Å². The van der Waals surface area contributed by atoms with Gasteiger partial charge in [-0.3, -0.25) is 0 Å². The molecular formula is C19H22FN. The smallest absolute Gasteiger partial charge is 0.131 e. The second kappa shape index (κ2) is 5.61. The molecule has 21 heavy (non-hydrogen) atoms. The van der Waals surface area contributed by atoms with Crippen molar-refractivity contribution >= 4 is 0 Å². The Bertz CT molecular complexity index is 672. The fourth-order valence-corrected chi connectivity index (χ4v) is 2.69. The molecule has 1 nitrogen and oxygen atoms in total. The molecule has 0 aromatic heterocycles. The van der Waals surface area contributed by atoms with Crippen molar-refractivity contribution in [3.05, 3.63) is 58.4 Å². The van der Waals surface area contributed by atoms with Gasteiger partial charge in [-0.1, -0.05) is 18.2 Å². The summed E-state index contributed by atoms with van der Waals surface area (Å²) in [5, 5.41) is 3.48. The molecule has 1 aliphatic rings. The first-order chi connectivity index (χ1) is 10.0. The molecular weight excluding hydrogens is 261 g/mol. The van der Waals surface area contributed by atoms with Crippen LogP contribution in [0.2, 0.25) is 0 Å². The molecule has 1 aliphatic carbocycles. The Balaban J connectivity index is 1.96. The number of rotatable bonds is 4. The van der Waals surface area contributed by atoms with E-state index in [-0.39, 0.29) is 5.82 Å². The highest BCUT2D eigenvalue weighted by Gasteiger charge is 2.20. The normalized spacial score (nSPS) is 14.5. The number of benzene rings is 2. The summed E-state index contributed by atoms with van der Waals surface area (Å²) in [6.07, 6.45) is 2.54. The summed E-state index contributed by atoms with van der Waals surface area (Å²) in [5.41, 5.74) is 6.45. The third-order valence-corrected chi connectivity index (χ3v) is 4.33. The second-order valence-electron chi connectivity index (χ2n) is 6.22. The van der Waals surface area contributed by atoms with Crippen molar-refractivity contribution in [2.45, 2.75) is 46.2 Å². The van der Waals surface area contributed by atoms with Gasteiger partial charge in [0.25, 0.3) is 0 Å². The summed E-state index contributed by atoms with van der Waals surface area (Å²) in [6.45, 7) is 7.05. The van der Waals surface area contributed by atoms with Crippen molar-refractivity contribution in [2.24, 2.45) is 0 Å². The molecule has 2 aromatic rings. The van der Waals surface area contributed by atoms with Gasteiger partial charge in [-0.05, 0) is 73.6 Å². The van der Waals surface area contributed by atoms with Gasteiger partial charge in [0.05, 0.1) is 0 Å². The van der Waals surface area contributed by atoms with Crippen LogP contribution in [0.5, 0.6) is 0 Å². The molecule has 0 radical (unpaired) electrons. The van der Waals surface area contributed by atoms with Gasteiger partial charge in [0.15, 0.2) is 0 Å². The minimum Gasteiger partial charge on any atom is -0.310 e. The van der Waals surface area contributed by atoms with E-state index < -0.39 is 0 Å². The molecule has 1 saturated carbocycles. The van der Waals surface area contributed by atoms with E-state index >= 15 is 0 Å². The lowest BCUT2D eigenvalue weighted by atomic mass is 9.94. The number of hydrogen-bond donors (Lipinski definition) is 1. The lowest BCUT2D eigenvalue weighted by Gasteiger charge is -2.13. The van der Waals surface area contributed by atoms with Gasteiger partial charge in [0.2, 0.25) is 0 Å². The van der Waals surface area contributed by atoms with E-state index in [0.29, 0.717) is 11.6 Å². The van der Waals surface area contributed by atoms with Crippen LogP contribution in [0.3, 0.4) is 0 Å². The zero-order valence-electron chi connectivity index (χ0n) is 13.0. The van der Waals surface area contributed by atoms with Crippen LogP contribution in [-0.2, 0) is 6.54 Å². The van der Waals surface area contributed by atoms with Crippen LogP contribution in [0.15, 0.2) is 30.3 Å². The fourth-order valence-electron chi connectivity index (χ4n) is 2.69. The minimum atomic E-state index is -0.142. The molecule has 0 unspecified atom stereocenters. The molecule has 2 heteroatoms. The van der Waals surface area contributed by atoms with Crippen LogP contribution < -0.4 is 5.32 Å². The molecule has 0 heterocycles. The van der Waals surface area contributed by atoms with E-state index in [9.17, 15) is 4.39 Å². The van der Waals surface area contributed by atoms with E-state index in [1.54, 1.807) is 6.07 Å². The average molecular weight is 283 g/mol. The maximum absolute atomic E-state index is 14.3. The molecule has 0 amide bonds. The zero-order valence-corrected chi connectivity index (χ0v) is 13.0. The van der Waals surface area contributed by atoms with Crippen molar-refractivity contribution in [2.75, 3.05) is 0 Å². The first-order valence-corrected chi connectivity index (χ1v) is 7.64. The Hall–Kier alpha value is -1.67. The van der Waals surface area contributed by atoms with Crippen molar-refractivity contribution in [1.82, 2.24) is 5.32 Å². The second-order valence-corrected chi connectivity index (χ2v) is 6.22. The van der Waals surface area contributed by atoms with Gasteiger partial charge in [-0.15, -0.1) is 0 Å². The molecule has 2 aromatic carbocycles. The largest absolute Gasteiger partial charge is 0.310 e. The summed E-state index contributed by atoms with van der Waals surface area (Å²) in [6, 6.07) is 10.4. The minimum absolute atomic E-state index is 0.142. The Morgan fingerprint density at radius 1 is 0.952 bits per heavy atom. The van der Waals surface area contributed by atoms with Crippen LogP contribution in [0.4, 0.5) is 4.39 Å². The topological polar surface area (TPSA) is 12.0 Å². The van der Waals surface area contributed by atoms with Gasteiger partial charge in [-0.2, -0.15) is 0 Å². The number of aryl methyl sites for hydroxylation is 3. The highest BCUT2D eigenvalue weighted by atomic mass is 19.1. The Morgan fingerprint density at radius 2 is 1.67 bits per heavy atom. The maximum Gasteiger partial charge on any atom is 0.131 e. The molecule has 1 fully saturated rings. The van der Waals surface area contributed by atoms with Gasteiger partial charge in [0.1, 0.15) is 5.82 Å². The van der Waals surface area contributed by atoms with Crippen molar-refractivity contribution in [1.29, 1.82) is 0 Å². The fraction of sp³-hybridized carbons (Fsp3) is 0.368. The predicted octanol–water partition coefficient (Wildman–Crippen LogP) is 4.67. The number of nitrogens with one attached hydrogen (secondary N) is 1. The van der Waals surface area contributed by atoms with Gasteiger partial charge >= 0.3 is 0 Å². The van der Waals surface area contributed by atoms with Crippen LogP contribution in [0.25, 0.3) is 11.1 Å². The van der Waals surface area contributed by atoms with E-state index in [1.807, 2.05) is 12.1 Å². The third kappa shape index (κ3) is 3.16. The predicted molar refractivity (Wildman–Crippen MR) is 85.9 cm³/mol. The Labute approximate surface area is 126 Å². The molecule has 0 bridgehead atoms. The third-order valence-electron chi connectivity index (χ3n) is 4.33. The monoisotopic (exact) mass is 283 g/mol. The van der Waals surface area contributed by atoms with Gasteiger partial charge < -0.3 is 5.32 Å². The first-order valence-electron chi connectivity index (χ1n) is 7.64. The standard InChI is InChI=1S/C19H22FN/c1-12-8-14(3)17(9-13(12)2)18-10-15(4-7-19(18)20)11-21-16-5-6-16/h4,7-10,16,21H,5-6,11H2,1-3H3. The first kappa shape index (κ1) is 14.3. The number of hydrogen-bond acceptors (Lipinski definition) is 1. The zero-order chi connectivity index (χ0) is 15.0. The van der Waals surface area contributed by atoms with Gasteiger partial charge in [-0.25, -0.2) is 4.39 Å². The van der Waals surface area contributed by atoms with Crippen molar-refractivity contribution in [3.63, 3.8) is 0 Å². The van der Waals surface area contributed by atoms with Gasteiger partial charge in [0, 0.05) is 18.2 Å².